The van der Waals surface area contributed by atoms with Gasteiger partial charge in [-0.25, -0.2) is 4.79 Å². The zero-order valence-electron chi connectivity index (χ0n) is 15.1. The molecule has 3 rings (SSSR count). The number of nitrogens with zero attached hydrogens (tertiary/aromatic N) is 1. The SMILES string of the molecule is COc1ccc(NC(=O)CN2C(=O)NC(C)(c3ccc(Cl)cc3)C2=O)cc1Cl. The van der Waals surface area contributed by atoms with Crippen LogP contribution >= 0.6 is 23.2 Å². The number of nitrogens with one attached hydrogen (secondary N) is 2. The molecule has 4 amide bonds. The molecule has 28 heavy (non-hydrogen) atoms. The van der Waals surface area contributed by atoms with Crippen molar-refractivity contribution in [3.05, 3.63) is 58.1 Å². The van der Waals surface area contributed by atoms with Crippen LogP contribution in [0.25, 0.3) is 0 Å². The lowest BCUT2D eigenvalue weighted by molar-refractivity contribution is -0.133. The zero-order chi connectivity index (χ0) is 20.5. The van der Waals surface area contributed by atoms with Crippen LogP contribution in [0.4, 0.5) is 10.5 Å². The highest BCUT2D eigenvalue weighted by molar-refractivity contribution is 6.32. The molecule has 1 saturated heterocycles. The lowest BCUT2D eigenvalue weighted by Crippen LogP contribution is -2.42. The van der Waals surface area contributed by atoms with Gasteiger partial charge in [0.15, 0.2) is 0 Å². The molecular weight excluding hydrogens is 405 g/mol. The second-order valence-electron chi connectivity index (χ2n) is 6.35. The van der Waals surface area contributed by atoms with Crippen LogP contribution in [0.15, 0.2) is 42.5 Å². The maximum absolute atomic E-state index is 12.8. The second kappa shape index (κ2) is 7.69. The summed E-state index contributed by atoms with van der Waals surface area (Å²) in [5.74, 6) is -0.597. The number of ether oxygens (including phenoxy) is 1. The normalized spacial score (nSPS) is 18.8. The number of hydrogen-bond acceptors (Lipinski definition) is 4. The molecule has 1 aliphatic heterocycles. The largest absolute Gasteiger partial charge is 0.495 e. The second-order valence-corrected chi connectivity index (χ2v) is 7.19. The summed E-state index contributed by atoms with van der Waals surface area (Å²) in [7, 11) is 1.48. The van der Waals surface area contributed by atoms with Crippen molar-refractivity contribution in [1.82, 2.24) is 10.2 Å². The van der Waals surface area contributed by atoms with Crippen LogP contribution in [0, 0.1) is 0 Å². The van der Waals surface area contributed by atoms with Crippen molar-refractivity contribution in [3.63, 3.8) is 0 Å². The molecule has 0 aromatic heterocycles. The molecule has 1 unspecified atom stereocenters. The summed E-state index contributed by atoms with van der Waals surface area (Å²) >= 11 is 11.9. The maximum atomic E-state index is 12.8. The first-order chi connectivity index (χ1) is 13.2. The number of carbonyl (C=O) groups is 3. The standard InChI is InChI=1S/C19H17Cl2N3O4/c1-19(11-3-5-12(20)6-4-11)17(26)24(18(27)23-19)10-16(25)22-13-7-8-15(28-2)14(21)9-13/h3-9H,10H2,1-2H3,(H,22,25)(H,23,27). The third-order valence-corrected chi connectivity index (χ3v) is 4.98. The number of carbonyl (C=O) groups excluding carboxylic acids is 3. The van der Waals surface area contributed by atoms with Gasteiger partial charge in [-0.2, -0.15) is 0 Å². The molecule has 2 aromatic rings. The first-order valence-electron chi connectivity index (χ1n) is 8.28. The molecule has 9 heteroatoms. The average molecular weight is 422 g/mol. The topological polar surface area (TPSA) is 87.7 Å². The summed E-state index contributed by atoms with van der Waals surface area (Å²) in [5, 5.41) is 6.08. The van der Waals surface area contributed by atoms with Crippen molar-refractivity contribution in [2.24, 2.45) is 0 Å². The fourth-order valence-electron chi connectivity index (χ4n) is 2.91. The fraction of sp³-hybridized carbons (Fsp3) is 0.211. The molecule has 146 valence electrons. The highest BCUT2D eigenvalue weighted by Crippen LogP contribution is 2.30. The number of hydrogen-bond donors (Lipinski definition) is 2. The van der Waals surface area contributed by atoms with Crippen molar-refractivity contribution < 1.29 is 19.1 Å². The third-order valence-electron chi connectivity index (χ3n) is 4.43. The summed E-state index contributed by atoms with van der Waals surface area (Å²) in [6, 6.07) is 10.6. The van der Waals surface area contributed by atoms with Gasteiger partial charge in [-0.1, -0.05) is 35.3 Å². The van der Waals surface area contributed by atoms with Crippen molar-refractivity contribution in [1.29, 1.82) is 0 Å². The van der Waals surface area contributed by atoms with E-state index in [-0.39, 0.29) is 0 Å². The minimum atomic E-state index is -1.27. The quantitative estimate of drug-likeness (QED) is 0.723. The number of urea groups is 1. The molecule has 0 bridgehead atoms. The van der Waals surface area contributed by atoms with Crippen molar-refractivity contribution in [3.8, 4) is 5.75 Å². The molecule has 0 saturated carbocycles. The number of halogens is 2. The third kappa shape index (κ3) is 3.76. The zero-order valence-corrected chi connectivity index (χ0v) is 16.6. The van der Waals surface area contributed by atoms with E-state index in [4.69, 9.17) is 27.9 Å². The van der Waals surface area contributed by atoms with E-state index in [9.17, 15) is 14.4 Å². The number of imide groups is 1. The van der Waals surface area contributed by atoms with Crippen LogP contribution in [-0.4, -0.2) is 36.4 Å². The number of anilines is 1. The Hall–Kier alpha value is -2.77. The van der Waals surface area contributed by atoms with Crippen LogP contribution < -0.4 is 15.4 Å². The van der Waals surface area contributed by atoms with Gasteiger partial charge in [0.1, 0.15) is 17.8 Å². The van der Waals surface area contributed by atoms with E-state index >= 15 is 0 Å². The molecular formula is C19H17Cl2N3O4. The summed E-state index contributed by atoms with van der Waals surface area (Å²) < 4.78 is 5.05. The molecule has 0 radical (unpaired) electrons. The van der Waals surface area contributed by atoms with E-state index in [0.717, 1.165) is 4.90 Å². The number of benzene rings is 2. The Morgan fingerprint density at radius 2 is 1.86 bits per heavy atom. The predicted molar refractivity (Wildman–Crippen MR) is 106 cm³/mol. The first-order valence-corrected chi connectivity index (χ1v) is 9.04. The smallest absolute Gasteiger partial charge is 0.325 e. The molecule has 1 atom stereocenters. The van der Waals surface area contributed by atoms with E-state index < -0.39 is 29.9 Å². The summed E-state index contributed by atoms with van der Waals surface area (Å²) in [4.78, 5) is 38.4. The van der Waals surface area contributed by atoms with E-state index in [1.165, 1.54) is 13.2 Å². The van der Waals surface area contributed by atoms with Gasteiger partial charge in [-0.3, -0.25) is 14.5 Å². The lowest BCUT2D eigenvalue weighted by Gasteiger charge is -2.22. The van der Waals surface area contributed by atoms with Gasteiger partial charge in [0.25, 0.3) is 5.91 Å². The van der Waals surface area contributed by atoms with E-state index in [1.807, 2.05) is 0 Å². The molecule has 1 aliphatic rings. The Morgan fingerprint density at radius 3 is 2.46 bits per heavy atom. The molecule has 1 fully saturated rings. The summed E-state index contributed by atoms with van der Waals surface area (Å²) in [6.07, 6.45) is 0. The van der Waals surface area contributed by atoms with Gasteiger partial charge >= 0.3 is 6.03 Å². The summed E-state index contributed by atoms with van der Waals surface area (Å²) in [5.41, 5.74) is -0.283. The number of amides is 4. The fourth-order valence-corrected chi connectivity index (χ4v) is 3.29. The molecule has 7 nitrogen and oxygen atoms in total. The average Bonchev–Trinajstić information content (AvgIpc) is 2.86. The number of methoxy groups -OCH3 is 1. The molecule has 2 N–H and O–H groups in total. The van der Waals surface area contributed by atoms with E-state index in [0.29, 0.717) is 27.0 Å². The van der Waals surface area contributed by atoms with Crippen LogP contribution in [-0.2, 0) is 15.1 Å². The predicted octanol–water partition coefficient (Wildman–Crippen LogP) is 3.41. The van der Waals surface area contributed by atoms with Crippen LogP contribution in [0.5, 0.6) is 5.75 Å². The molecule has 0 aliphatic carbocycles. The highest BCUT2D eigenvalue weighted by Gasteiger charge is 2.49. The van der Waals surface area contributed by atoms with Gasteiger partial charge in [-0.05, 0) is 42.8 Å². The summed E-state index contributed by atoms with van der Waals surface area (Å²) in [6.45, 7) is 1.15. The van der Waals surface area contributed by atoms with Gasteiger partial charge < -0.3 is 15.4 Å². The van der Waals surface area contributed by atoms with Crippen LogP contribution in [0.2, 0.25) is 10.0 Å². The van der Waals surface area contributed by atoms with E-state index in [2.05, 4.69) is 10.6 Å². The van der Waals surface area contributed by atoms with Crippen molar-refractivity contribution >= 4 is 46.7 Å². The number of rotatable bonds is 5. The Labute approximate surface area is 171 Å². The highest BCUT2D eigenvalue weighted by atomic mass is 35.5. The molecule has 1 heterocycles. The minimum Gasteiger partial charge on any atom is -0.495 e. The van der Waals surface area contributed by atoms with Gasteiger partial charge in [0.2, 0.25) is 5.91 Å². The molecule has 0 spiro atoms. The van der Waals surface area contributed by atoms with Crippen molar-refractivity contribution in [2.45, 2.75) is 12.5 Å². The maximum Gasteiger partial charge on any atom is 0.325 e. The van der Waals surface area contributed by atoms with E-state index in [1.54, 1.807) is 43.3 Å². The van der Waals surface area contributed by atoms with Gasteiger partial charge in [0, 0.05) is 10.7 Å². The van der Waals surface area contributed by atoms with Gasteiger partial charge in [0.05, 0.1) is 12.1 Å². The lowest BCUT2D eigenvalue weighted by atomic mass is 9.92. The Bertz CT molecular complexity index is 949. The van der Waals surface area contributed by atoms with Crippen LogP contribution in [0.3, 0.4) is 0 Å². The molecule has 2 aromatic carbocycles. The Morgan fingerprint density at radius 1 is 1.18 bits per heavy atom. The monoisotopic (exact) mass is 421 g/mol. The van der Waals surface area contributed by atoms with Crippen molar-refractivity contribution in [2.75, 3.05) is 19.0 Å². The Kier molecular flexibility index (Phi) is 5.49. The van der Waals surface area contributed by atoms with Crippen LogP contribution in [0.1, 0.15) is 12.5 Å². The van der Waals surface area contributed by atoms with Gasteiger partial charge in [-0.15, -0.1) is 0 Å². The minimum absolute atomic E-state index is 0.325. The Balaban J connectivity index is 1.72. The first kappa shape index (κ1) is 20.0.